The van der Waals surface area contributed by atoms with Crippen molar-refractivity contribution in [3.63, 3.8) is 0 Å². The number of aromatic nitrogens is 3. The summed E-state index contributed by atoms with van der Waals surface area (Å²) in [5.74, 6) is 6.46. The van der Waals surface area contributed by atoms with E-state index in [1.54, 1.807) is 24.3 Å². The first-order chi connectivity index (χ1) is 12.9. The van der Waals surface area contributed by atoms with Crippen molar-refractivity contribution < 1.29 is 9.59 Å². The van der Waals surface area contributed by atoms with Crippen molar-refractivity contribution in [1.29, 1.82) is 0 Å². The Morgan fingerprint density at radius 1 is 1.15 bits per heavy atom. The van der Waals surface area contributed by atoms with E-state index in [-0.39, 0.29) is 17.4 Å². The molecule has 0 aliphatic carbocycles. The lowest BCUT2D eigenvalue weighted by Crippen LogP contribution is -2.16. The minimum absolute atomic E-state index is 0.0552. The summed E-state index contributed by atoms with van der Waals surface area (Å²) in [7, 11) is 0. The van der Waals surface area contributed by atoms with Gasteiger partial charge in [0.2, 0.25) is 11.1 Å². The summed E-state index contributed by atoms with van der Waals surface area (Å²) >= 11 is 1.19. The monoisotopic (exact) mass is 381 g/mol. The third-order valence-electron chi connectivity index (χ3n) is 3.83. The number of nitrogens with one attached hydrogen (secondary N) is 1. The number of ketones is 1. The highest BCUT2D eigenvalue weighted by Crippen LogP contribution is 2.22. The smallest absolute Gasteiger partial charge is 0.234 e. The van der Waals surface area contributed by atoms with Crippen molar-refractivity contribution in [3.8, 4) is 11.4 Å². The minimum atomic E-state index is -0.221. The zero-order valence-electron chi connectivity index (χ0n) is 15.0. The predicted octanol–water partition coefficient (Wildman–Crippen LogP) is 2.90. The first-order valence-corrected chi connectivity index (χ1v) is 9.24. The molecule has 0 fully saturated rings. The van der Waals surface area contributed by atoms with Gasteiger partial charge in [-0.25, -0.2) is 4.68 Å². The molecule has 0 aliphatic rings. The van der Waals surface area contributed by atoms with Crippen LogP contribution in [0.15, 0.2) is 53.7 Å². The molecular formula is C19H19N5O2S. The molecule has 0 atom stereocenters. The van der Waals surface area contributed by atoms with Gasteiger partial charge in [-0.05, 0) is 32.0 Å². The van der Waals surface area contributed by atoms with Crippen LogP contribution in [0.4, 0.5) is 5.69 Å². The molecule has 1 heterocycles. The maximum absolute atomic E-state index is 12.2. The fourth-order valence-electron chi connectivity index (χ4n) is 2.50. The molecule has 0 unspecified atom stereocenters. The molecule has 0 aliphatic heterocycles. The molecule has 0 saturated carbocycles. The van der Waals surface area contributed by atoms with Crippen molar-refractivity contribution in [1.82, 2.24) is 14.9 Å². The molecule has 27 heavy (non-hydrogen) atoms. The Labute approximate surface area is 161 Å². The third-order valence-corrected chi connectivity index (χ3v) is 4.77. The molecule has 8 heteroatoms. The number of carbonyl (C=O) groups excluding carboxylic acids is 2. The lowest BCUT2D eigenvalue weighted by Gasteiger charge is -2.07. The van der Waals surface area contributed by atoms with Gasteiger partial charge < -0.3 is 11.2 Å². The molecular weight excluding hydrogens is 362 g/mol. The molecule has 2 aromatic carbocycles. The van der Waals surface area contributed by atoms with Gasteiger partial charge >= 0.3 is 0 Å². The highest BCUT2D eigenvalue weighted by atomic mass is 32.2. The van der Waals surface area contributed by atoms with Gasteiger partial charge in [-0.2, -0.15) is 0 Å². The fraction of sp³-hybridized carbons (Fsp3) is 0.158. The van der Waals surface area contributed by atoms with E-state index in [2.05, 4.69) is 15.5 Å². The van der Waals surface area contributed by atoms with Crippen LogP contribution in [0.1, 0.15) is 22.8 Å². The number of nitrogens with zero attached hydrogens (tertiary/aromatic N) is 3. The van der Waals surface area contributed by atoms with Crippen molar-refractivity contribution in [2.45, 2.75) is 19.0 Å². The molecule has 1 aromatic heterocycles. The maximum atomic E-state index is 12.2. The van der Waals surface area contributed by atoms with Crippen LogP contribution in [-0.2, 0) is 4.79 Å². The molecule has 7 nitrogen and oxygen atoms in total. The first-order valence-electron chi connectivity index (χ1n) is 8.25. The van der Waals surface area contributed by atoms with E-state index in [0.717, 1.165) is 11.1 Å². The van der Waals surface area contributed by atoms with E-state index in [0.29, 0.717) is 22.2 Å². The van der Waals surface area contributed by atoms with Crippen LogP contribution in [0, 0.1) is 6.92 Å². The summed E-state index contributed by atoms with van der Waals surface area (Å²) in [6, 6.07) is 14.6. The normalized spacial score (nSPS) is 10.6. The largest absolute Gasteiger partial charge is 0.335 e. The highest BCUT2D eigenvalue weighted by molar-refractivity contribution is 7.99. The van der Waals surface area contributed by atoms with Crippen LogP contribution < -0.4 is 11.2 Å². The second-order valence-corrected chi connectivity index (χ2v) is 6.96. The summed E-state index contributed by atoms with van der Waals surface area (Å²) in [6.45, 7) is 3.47. The number of anilines is 1. The van der Waals surface area contributed by atoms with Gasteiger partial charge in [0, 0.05) is 16.8 Å². The van der Waals surface area contributed by atoms with Gasteiger partial charge in [0.15, 0.2) is 11.6 Å². The summed E-state index contributed by atoms with van der Waals surface area (Å²) in [5, 5.41) is 11.4. The average molecular weight is 381 g/mol. The molecule has 3 N–H and O–H groups in total. The maximum Gasteiger partial charge on any atom is 0.234 e. The Morgan fingerprint density at radius 3 is 2.67 bits per heavy atom. The van der Waals surface area contributed by atoms with Gasteiger partial charge in [0.05, 0.1) is 5.75 Å². The number of nitrogen functional groups attached to an aromatic ring is 1. The quantitative estimate of drug-likeness (QED) is 0.387. The van der Waals surface area contributed by atoms with E-state index in [9.17, 15) is 9.59 Å². The Balaban J connectivity index is 1.64. The minimum Gasteiger partial charge on any atom is -0.335 e. The van der Waals surface area contributed by atoms with E-state index in [1.807, 2.05) is 31.2 Å². The summed E-state index contributed by atoms with van der Waals surface area (Å²) in [4.78, 5) is 23.6. The van der Waals surface area contributed by atoms with Crippen molar-refractivity contribution in [3.05, 3.63) is 59.7 Å². The second kappa shape index (κ2) is 8.05. The van der Waals surface area contributed by atoms with Gasteiger partial charge in [0.1, 0.15) is 0 Å². The zero-order chi connectivity index (χ0) is 19.4. The number of carbonyl (C=O) groups is 2. The molecule has 3 rings (SSSR count). The summed E-state index contributed by atoms with van der Waals surface area (Å²) in [5.41, 5.74) is 3.08. The van der Waals surface area contributed by atoms with Gasteiger partial charge in [-0.1, -0.05) is 47.7 Å². The zero-order valence-corrected chi connectivity index (χ0v) is 15.8. The Bertz CT molecular complexity index is 999. The van der Waals surface area contributed by atoms with E-state index >= 15 is 0 Å². The highest BCUT2D eigenvalue weighted by Gasteiger charge is 2.14. The number of thioether (sulfide) groups is 1. The van der Waals surface area contributed by atoms with Gasteiger partial charge in [0.25, 0.3) is 0 Å². The van der Waals surface area contributed by atoms with E-state index in [4.69, 9.17) is 5.84 Å². The topological polar surface area (TPSA) is 103 Å². The van der Waals surface area contributed by atoms with Crippen LogP contribution >= 0.6 is 11.8 Å². The van der Waals surface area contributed by atoms with Crippen LogP contribution in [0.3, 0.4) is 0 Å². The first kappa shape index (κ1) is 18.7. The molecule has 0 spiro atoms. The number of rotatable bonds is 6. The number of nitrogens with two attached hydrogens (primary N) is 1. The molecule has 0 radical (unpaired) electrons. The van der Waals surface area contributed by atoms with Crippen molar-refractivity contribution in [2.24, 2.45) is 0 Å². The van der Waals surface area contributed by atoms with Crippen LogP contribution in [0.2, 0.25) is 0 Å². The number of hydrogen-bond donors (Lipinski definition) is 2. The van der Waals surface area contributed by atoms with E-state index in [1.165, 1.54) is 23.4 Å². The van der Waals surface area contributed by atoms with Crippen molar-refractivity contribution >= 4 is 29.1 Å². The SMILES string of the molecule is CC(=O)c1cccc(NC(=O)CSc2nnc(-c3cccc(C)c3)n2N)c1. The Morgan fingerprint density at radius 2 is 1.93 bits per heavy atom. The lowest BCUT2D eigenvalue weighted by molar-refractivity contribution is -0.113. The number of benzene rings is 2. The average Bonchev–Trinajstić information content (AvgIpc) is 3.01. The summed E-state index contributed by atoms with van der Waals surface area (Å²) < 4.78 is 1.38. The fourth-order valence-corrected chi connectivity index (χ4v) is 3.16. The van der Waals surface area contributed by atoms with Gasteiger partial charge in [-0.15, -0.1) is 10.2 Å². The molecule has 3 aromatic rings. The number of hydrogen-bond acceptors (Lipinski definition) is 6. The van der Waals surface area contributed by atoms with E-state index < -0.39 is 0 Å². The third kappa shape index (κ3) is 4.53. The second-order valence-electron chi connectivity index (χ2n) is 6.02. The van der Waals surface area contributed by atoms with Crippen molar-refractivity contribution in [2.75, 3.05) is 16.9 Å². The standard InChI is InChI=1S/C19H19N5O2S/c1-12-5-3-7-15(9-12)18-22-23-19(24(18)20)27-11-17(26)21-16-8-4-6-14(10-16)13(2)25/h3-10H,11,20H2,1-2H3,(H,21,26). The van der Waals surface area contributed by atoms with Crippen LogP contribution in [0.5, 0.6) is 0 Å². The predicted molar refractivity (Wildman–Crippen MR) is 106 cm³/mol. The number of aryl methyl sites for hydroxylation is 1. The molecule has 1 amide bonds. The molecule has 0 bridgehead atoms. The molecule has 0 saturated heterocycles. The number of amides is 1. The Kier molecular flexibility index (Phi) is 5.56. The van der Waals surface area contributed by atoms with Crippen LogP contribution in [-0.4, -0.2) is 32.3 Å². The number of Topliss-reactive ketones (excluding diaryl/α,β-unsaturated/α-hetero) is 1. The molecule has 138 valence electrons. The Hall–Kier alpha value is -3.13. The summed E-state index contributed by atoms with van der Waals surface area (Å²) in [6.07, 6.45) is 0. The van der Waals surface area contributed by atoms with Crippen LogP contribution in [0.25, 0.3) is 11.4 Å². The van der Waals surface area contributed by atoms with Gasteiger partial charge in [-0.3, -0.25) is 9.59 Å². The lowest BCUT2D eigenvalue weighted by atomic mass is 10.1.